The summed E-state index contributed by atoms with van der Waals surface area (Å²) in [6.07, 6.45) is 4.37. The average Bonchev–Trinajstić information content (AvgIpc) is 3.18. The molecule has 3 heteroatoms. The Balaban J connectivity index is 1.65. The fourth-order valence-electron chi connectivity index (χ4n) is 3.04. The number of nitrogens with zero attached hydrogens (tertiary/aromatic N) is 1. The van der Waals surface area contributed by atoms with Crippen LogP contribution in [0.25, 0.3) is 0 Å². The van der Waals surface area contributed by atoms with E-state index in [0.29, 0.717) is 6.04 Å². The molecule has 1 aliphatic rings. The summed E-state index contributed by atoms with van der Waals surface area (Å²) in [5.41, 5.74) is 2.73. The first-order valence-corrected chi connectivity index (χ1v) is 7.86. The van der Waals surface area contributed by atoms with E-state index in [1.807, 2.05) is 12.1 Å². The summed E-state index contributed by atoms with van der Waals surface area (Å²) in [7, 11) is 0. The molecule has 3 rings (SSSR count). The van der Waals surface area contributed by atoms with E-state index in [9.17, 15) is 0 Å². The van der Waals surface area contributed by atoms with Crippen molar-refractivity contribution in [3.63, 3.8) is 0 Å². The zero-order chi connectivity index (χ0) is 14.5. The minimum Gasteiger partial charge on any atom is -0.468 e. The smallest absolute Gasteiger partial charge is 0.117 e. The maximum atomic E-state index is 5.39. The van der Waals surface area contributed by atoms with E-state index in [0.717, 1.165) is 18.8 Å². The predicted octanol–water partition coefficient (Wildman–Crippen LogP) is 3.51. The normalized spacial score (nSPS) is 17.2. The van der Waals surface area contributed by atoms with Crippen LogP contribution < -0.4 is 5.32 Å². The van der Waals surface area contributed by atoms with Gasteiger partial charge in [-0.2, -0.15) is 0 Å². The first-order chi connectivity index (χ1) is 10.3. The van der Waals surface area contributed by atoms with Crippen LogP contribution in [0.5, 0.6) is 0 Å². The van der Waals surface area contributed by atoms with Crippen molar-refractivity contribution in [2.45, 2.75) is 32.4 Å². The van der Waals surface area contributed by atoms with Gasteiger partial charge in [-0.15, -0.1) is 0 Å². The van der Waals surface area contributed by atoms with Crippen LogP contribution in [0, 0.1) is 6.92 Å². The molecule has 1 aromatic heterocycles. The van der Waals surface area contributed by atoms with Crippen molar-refractivity contribution < 1.29 is 4.42 Å². The number of likely N-dealkylation sites (tertiary alicyclic amines) is 1. The minimum atomic E-state index is 0.461. The van der Waals surface area contributed by atoms with Gasteiger partial charge in [-0.1, -0.05) is 29.8 Å². The summed E-state index contributed by atoms with van der Waals surface area (Å²) in [5.74, 6) is 0.999. The number of nitrogens with one attached hydrogen (secondary N) is 1. The lowest BCUT2D eigenvalue weighted by molar-refractivity contribution is 0.237. The molecule has 0 bridgehead atoms. The molecule has 1 atom stereocenters. The van der Waals surface area contributed by atoms with Crippen molar-refractivity contribution in [3.05, 3.63) is 59.5 Å². The highest BCUT2D eigenvalue weighted by Gasteiger charge is 2.23. The summed E-state index contributed by atoms with van der Waals surface area (Å²) in [5, 5.41) is 3.54. The molecule has 1 saturated heterocycles. The average molecular weight is 284 g/mol. The molecule has 0 aliphatic carbocycles. The second-order valence-electron chi connectivity index (χ2n) is 5.88. The highest BCUT2D eigenvalue weighted by Crippen LogP contribution is 2.25. The van der Waals surface area contributed by atoms with Crippen LogP contribution in [0.4, 0.5) is 0 Å². The van der Waals surface area contributed by atoms with Crippen LogP contribution >= 0.6 is 0 Å². The first kappa shape index (κ1) is 14.4. The molecule has 1 aromatic carbocycles. The number of furan rings is 1. The molecule has 2 aromatic rings. The standard InChI is InChI=1S/C18H24N2O/c1-15-6-8-16(9-7-15)18(20-10-2-3-11-20)14-19-13-17-5-4-12-21-17/h4-9,12,18-19H,2-3,10-11,13-14H2,1H3. The van der Waals surface area contributed by atoms with Crippen molar-refractivity contribution in [1.82, 2.24) is 10.2 Å². The Bertz CT molecular complexity index is 527. The molecular weight excluding hydrogens is 260 g/mol. The van der Waals surface area contributed by atoms with Crippen LogP contribution in [-0.2, 0) is 6.54 Å². The zero-order valence-corrected chi connectivity index (χ0v) is 12.7. The van der Waals surface area contributed by atoms with E-state index in [-0.39, 0.29) is 0 Å². The fraction of sp³-hybridized carbons (Fsp3) is 0.444. The highest BCUT2D eigenvalue weighted by atomic mass is 16.3. The summed E-state index contributed by atoms with van der Waals surface area (Å²) in [6.45, 7) is 6.32. The Labute approximate surface area is 127 Å². The van der Waals surface area contributed by atoms with Gasteiger partial charge >= 0.3 is 0 Å². The first-order valence-electron chi connectivity index (χ1n) is 7.86. The summed E-state index contributed by atoms with van der Waals surface area (Å²) < 4.78 is 5.39. The SMILES string of the molecule is Cc1ccc(C(CNCc2ccco2)N2CCCC2)cc1. The van der Waals surface area contributed by atoms with Gasteiger partial charge in [-0.3, -0.25) is 4.90 Å². The molecule has 3 nitrogen and oxygen atoms in total. The van der Waals surface area contributed by atoms with Crippen molar-refractivity contribution in [1.29, 1.82) is 0 Å². The van der Waals surface area contributed by atoms with Crippen LogP contribution in [0.3, 0.4) is 0 Å². The lowest BCUT2D eigenvalue weighted by Gasteiger charge is -2.28. The third kappa shape index (κ3) is 3.74. The summed E-state index contributed by atoms with van der Waals surface area (Å²) >= 11 is 0. The van der Waals surface area contributed by atoms with E-state index in [1.165, 1.54) is 37.1 Å². The van der Waals surface area contributed by atoms with E-state index in [4.69, 9.17) is 4.42 Å². The Morgan fingerprint density at radius 1 is 1.14 bits per heavy atom. The van der Waals surface area contributed by atoms with Gasteiger partial charge < -0.3 is 9.73 Å². The van der Waals surface area contributed by atoms with Crippen molar-refractivity contribution in [2.75, 3.05) is 19.6 Å². The fourth-order valence-corrected chi connectivity index (χ4v) is 3.04. The Kier molecular flexibility index (Phi) is 4.73. The van der Waals surface area contributed by atoms with Crippen molar-refractivity contribution in [2.24, 2.45) is 0 Å². The van der Waals surface area contributed by atoms with E-state index in [2.05, 4.69) is 41.4 Å². The van der Waals surface area contributed by atoms with Gasteiger partial charge in [0.05, 0.1) is 12.8 Å². The number of aryl methyl sites for hydroxylation is 1. The van der Waals surface area contributed by atoms with Gasteiger partial charge in [0.1, 0.15) is 5.76 Å². The maximum absolute atomic E-state index is 5.39. The van der Waals surface area contributed by atoms with Gasteiger partial charge in [0.2, 0.25) is 0 Å². The maximum Gasteiger partial charge on any atom is 0.117 e. The number of hydrogen-bond donors (Lipinski definition) is 1. The molecule has 0 amide bonds. The quantitative estimate of drug-likeness (QED) is 0.880. The largest absolute Gasteiger partial charge is 0.468 e. The molecule has 0 radical (unpaired) electrons. The van der Waals surface area contributed by atoms with Crippen LogP contribution in [0.1, 0.15) is 35.8 Å². The molecule has 0 saturated carbocycles. The van der Waals surface area contributed by atoms with Gasteiger partial charge in [0.25, 0.3) is 0 Å². The Morgan fingerprint density at radius 2 is 1.90 bits per heavy atom. The zero-order valence-electron chi connectivity index (χ0n) is 12.7. The molecule has 21 heavy (non-hydrogen) atoms. The second kappa shape index (κ2) is 6.92. The topological polar surface area (TPSA) is 28.4 Å². The monoisotopic (exact) mass is 284 g/mol. The second-order valence-corrected chi connectivity index (χ2v) is 5.88. The Hall–Kier alpha value is -1.58. The van der Waals surface area contributed by atoms with Gasteiger partial charge in [-0.05, 0) is 50.6 Å². The number of hydrogen-bond acceptors (Lipinski definition) is 3. The predicted molar refractivity (Wildman–Crippen MR) is 85.1 cm³/mol. The van der Waals surface area contributed by atoms with Crippen molar-refractivity contribution >= 4 is 0 Å². The van der Waals surface area contributed by atoms with E-state index >= 15 is 0 Å². The molecule has 0 spiro atoms. The van der Waals surface area contributed by atoms with Gasteiger partial charge in [0.15, 0.2) is 0 Å². The molecule has 1 aliphatic heterocycles. The van der Waals surface area contributed by atoms with Crippen LogP contribution in [-0.4, -0.2) is 24.5 Å². The molecule has 1 fully saturated rings. The number of rotatable bonds is 6. The number of benzene rings is 1. The van der Waals surface area contributed by atoms with Gasteiger partial charge in [-0.25, -0.2) is 0 Å². The molecule has 2 heterocycles. The highest BCUT2D eigenvalue weighted by molar-refractivity contribution is 5.24. The third-order valence-corrected chi connectivity index (χ3v) is 4.26. The van der Waals surface area contributed by atoms with Crippen LogP contribution in [0.2, 0.25) is 0 Å². The third-order valence-electron chi connectivity index (χ3n) is 4.26. The lowest BCUT2D eigenvalue weighted by Crippen LogP contribution is -2.33. The van der Waals surface area contributed by atoms with E-state index < -0.39 is 0 Å². The van der Waals surface area contributed by atoms with Gasteiger partial charge in [0, 0.05) is 12.6 Å². The molecular formula is C18H24N2O. The minimum absolute atomic E-state index is 0.461. The summed E-state index contributed by atoms with van der Waals surface area (Å²) in [6, 6.07) is 13.4. The van der Waals surface area contributed by atoms with E-state index in [1.54, 1.807) is 6.26 Å². The lowest BCUT2D eigenvalue weighted by atomic mass is 10.0. The Morgan fingerprint density at radius 3 is 2.57 bits per heavy atom. The molecule has 1 unspecified atom stereocenters. The molecule has 112 valence electrons. The van der Waals surface area contributed by atoms with Crippen molar-refractivity contribution in [3.8, 4) is 0 Å². The molecule has 1 N–H and O–H groups in total. The van der Waals surface area contributed by atoms with Crippen LogP contribution in [0.15, 0.2) is 47.1 Å². The summed E-state index contributed by atoms with van der Waals surface area (Å²) in [4.78, 5) is 2.60.